The third kappa shape index (κ3) is 4.77. The van der Waals surface area contributed by atoms with E-state index in [0.717, 1.165) is 29.3 Å². The fourth-order valence-electron chi connectivity index (χ4n) is 7.03. The smallest absolute Gasteiger partial charge is 0.0859 e. The molecule has 7 aromatic carbocycles. The molecule has 0 saturated heterocycles. The molecule has 2 heterocycles. The average Bonchev–Trinajstić information content (AvgIpc) is 3.69. The molecule has 0 saturated carbocycles. The van der Waals surface area contributed by atoms with Gasteiger partial charge in [0.2, 0.25) is 0 Å². The first-order chi connectivity index (χ1) is 23.7. The Morgan fingerprint density at radius 1 is 0.542 bits per heavy atom. The van der Waals surface area contributed by atoms with E-state index in [0.29, 0.717) is 0 Å². The average molecular weight is 634 g/mol. The molecular weight excluding hydrogens is 603 g/mol. The lowest BCUT2D eigenvalue weighted by Gasteiger charge is -2.27. The molecule has 0 aliphatic carbocycles. The first-order valence-corrected chi connectivity index (χ1v) is 17.0. The van der Waals surface area contributed by atoms with E-state index in [9.17, 15) is 0 Å². The standard InChI is InChI=1S/C44H31N3S/c1-45-39-15-7-9-17-42(39)46(29-30-11-3-2-4-12-30)33-21-23-34(24-22-33)47-40-16-8-5-13-35(40)37-27-31(19-25-41(37)47)32-20-26-44-38(28-32)36-14-6-10-18-43(36)48-44/h2-28H,1,29H2. The van der Waals surface area contributed by atoms with E-state index >= 15 is 0 Å². The van der Waals surface area contributed by atoms with Crippen LogP contribution in [0.25, 0.3) is 58.8 Å². The summed E-state index contributed by atoms with van der Waals surface area (Å²) in [6, 6.07) is 58.9. The molecule has 0 unspecified atom stereocenters. The zero-order chi connectivity index (χ0) is 32.0. The van der Waals surface area contributed by atoms with Crippen molar-refractivity contribution < 1.29 is 0 Å². The fraction of sp³-hybridized carbons (Fsp3) is 0.0227. The third-order valence-corrected chi connectivity index (χ3v) is 10.5. The number of fused-ring (bicyclic) bond motifs is 6. The van der Waals surface area contributed by atoms with Gasteiger partial charge in [-0.25, -0.2) is 0 Å². The molecule has 3 nitrogen and oxygen atoms in total. The molecule has 228 valence electrons. The van der Waals surface area contributed by atoms with Crippen LogP contribution in [0, 0.1) is 0 Å². The molecule has 2 aromatic heterocycles. The van der Waals surface area contributed by atoms with E-state index in [1.54, 1.807) is 0 Å². The summed E-state index contributed by atoms with van der Waals surface area (Å²) in [5.74, 6) is 0. The van der Waals surface area contributed by atoms with E-state index < -0.39 is 0 Å². The Balaban J connectivity index is 1.14. The molecule has 0 bridgehead atoms. The molecular formula is C44H31N3S. The van der Waals surface area contributed by atoms with E-state index in [1.807, 2.05) is 23.5 Å². The lowest BCUT2D eigenvalue weighted by molar-refractivity contribution is 0.974. The summed E-state index contributed by atoms with van der Waals surface area (Å²) in [5, 5.41) is 5.15. The molecule has 0 amide bonds. The van der Waals surface area contributed by atoms with Crippen molar-refractivity contribution in [2.45, 2.75) is 6.54 Å². The Morgan fingerprint density at radius 2 is 1.19 bits per heavy atom. The van der Waals surface area contributed by atoms with Gasteiger partial charge in [0.05, 0.1) is 22.4 Å². The summed E-state index contributed by atoms with van der Waals surface area (Å²) < 4.78 is 5.04. The highest BCUT2D eigenvalue weighted by Crippen LogP contribution is 2.40. The summed E-state index contributed by atoms with van der Waals surface area (Å²) in [4.78, 5) is 6.66. The molecule has 48 heavy (non-hydrogen) atoms. The zero-order valence-corrected chi connectivity index (χ0v) is 27.1. The van der Waals surface area contributed by atoms with Crippen molar-refractivity contribution in [2.75, 3.05) is 4.90 Å². The molecule has 0 N–H and O–H groups in total. The van der Waals surface area contributed by atoms with E-state index in [4.69, 9.17) is 0 Å². The van der Waals surface area contributed by atoms with Crippen molar-refractivity contribution in [2.24, 2.45) is 4.99 Å². The van der Waals surface area contributed by atoms with Gasteiger partial charge in [-0.05, 0) is 96.2 Å². The van der Waals surface area contributed by atoms with Gasteiger partial charge in [0, 0.05) is 48.9 Å². The van der Waals surface area contributed by atoms with Crippen LogP contribution < -0.4 is 4.90 Å². The summed E-state index contributed by atoms with van der Waals surface area (Å²) in [7, 11) is 0. The van der Waals surface area contributed by atoms with Gasteiger partial charge in [0.1, 0.15) is 0 Å². The molecule has 9 rings (SSSR count). The monoisotopic (exact) mass is 633 g/mol. The van der Waals surface area contributed by atoms with Crippen LogP contribution in [0.1, 0.15) is 5.56 Å². The summed E-state index contributed by atoms with van der Waals surface area (Å²) >= 11 is 1.86. The van der Waals surface area contributed by atoms with Gasteiger partial charge < -0.3 is 9.47 Å². The minimum atomic E-state index is 0.720. The maximum atomic E-state index is 4.34. The molecule has 0 radical (unpaired) electrons. The molecule has 0 atom stereocenters. The maximum absolute atomic E-state index is 4.34. The molecule has 9 aromatic rings. The van der Waals surface area contributed by atoms with Gasteiger partial charge in [-0.15, -0.1) is 11.3 Å². The van der Waals surface area contributed by atoms with Crippen LogP contribution in [0.3, 0.4) is 0 Å². The van der Waals surface area contributed by atoms with Crippen LogP contribution in [0.4, 0.5) is 17.1 Å². The largest absolute Gasteiger partial charge is 0.335 e. The number of hydrogen-bond donors (Lipinski definition) is 0. The van der Waals surface area contributed by atoms with Crippen molar-refractivity contribution >= 4 is 77.1 Å². The third-order valence-electron chi connectivity index (χ3n) is 9.33. The zero-order valence-electron chi connectivity index (χ0n) is 26.3. The Bertz CT molecular complexity index is 2610. The minimum absolute atomic E-state index is 0.720. The van der Waals surface area contributed by atoms with Crippen molar-refractivity contribution in [3.8, 4) is 16.8 Å². The SMILES string of the molecule is C=Nc1ccccc1N(Cc1ccccc1)c1ccc(-n2c3ccccc3c3cc(-c4ccc5sc6ccccc6c5c4)ccc32)cc1. The van der Waals surface area contributed by atoms with Crippen molar-refractivity contribution in [3.63, 3.8) is 0 Å². The highest BCUT2D eigenvalue weighted by molar-refractivity contribution is 7.25. The Kier molecular flexibility index (Phi) is 6.88. The number of para-hydroxylation sites is 3. The number of aliphatic imine (C=N–C) groups is 1. The summed E-state index contributed by atoms with van der Waals surface area (Å²) in [6.07, 6.45) is 0. The van der Waals surface area contributed by atoms with Crippen LogP contribution in [0.15, 0.2) is 169 Å². The number of aromatic nitrogens is 1. The maximum Gasteiger partial charge on any atom is 0.0859 e. The van der Waals surface area contributed by atoms with E-state index in [2.05, 4.69) is 173 Å². The van der Waals surface area contributed by atoms with Crippen molar-refractivity contribution in [3.05, 3.63) is 169 Å². The van der Waals surface area contributed by atoms with Gasteiger partial charge in [-0.3, -0.25) is 4.99 Å². The minimum Gasteiger partial charge on any atom is -0.335 e. The summed E-state index contributed by atoms with van der Waals surface area (Å²) in [6.45, 7) is 4.57. The normalized spacial score (nSPS) is 11.5. The number of anilines is 2. The molecule has 4 heteroatoms. The first kappa shape index (κ1) is 28.3. The number of rotatable bonds is 7. The number of nitrogens with zero attached hydrogens (tertiary/aromatic N) is 3. The molecule has 0 aliphatic rings. The predicted octanol–water partition coefficient (Wildman–Crippen LogP) is 12.5. The quantitative estimate of drug-likeness (QED) is 0.160. The lowest BCUT2D eigenvalue weighted by atomic mass is 10.0. The summed E-state index contributed by atoms with van der Waals surface area (Å²) in [5.41, 5.74) is 10.2. The van der Waals surface area contributed by atoms with Crippen LogP contribution >= 0.6 is 11.3 Å². The van der Waals surface area contributed by atoms with Crippen LogP contribution in [-0.2, 0) is 6.54 Å². The van der Waals surface area contributed by atoms with Gasteiger partial charge in [0.25, 0.3) is 0 Å². The second-order valence-corrected chi connectivity index (χ2v) is 13.2. The lowest BCUT2D eigenvalue weighted by Crippen LogP contribution is -2.16. The Labute approximate surface area is 283 Å². The number of hydrogen-bond acceptors (Lipinski definition) is 3. The second-order valence-electron chi connectivity index (χ2n) is 12.1. The first-order valence-electron chi connectivity index (χ1n) is 16.2. The highest BCUT2D eigenvalue weighted by Gasteiger charge is 2.17. The molecule has 0 fully saturated rings. The van der Waals surface area contributed by atoms with E-state index in [1.165, 1.54) is 58.7 Å². The van der Waals surface area contributed by atoms with Gasteiger partial charge in [-0.1, -0.05) is 91.0 Å². The van der Waals surface area contributed by atoms with Gasteiger partial charge in [-0.2, -0.15) is 0 Å². The topological polar surface area (TPSA) is 20.5 Å². The van der Waals surface area contributed by atoms with Gasteiger partial charge in [0.15, 0.2) is 0 Å². The predicted molar refractivity (Wildman–Crippen MR) is 207 cm³/mol. The van der Waals surface area contributed by atoms with Crippen LogP contribution in [0.5, 0.6) is 0 Å². The second kappa shape index (κ2) is 11.7. The molecule has 0 spiro atoms. The fourth-order valence-corrected chi connectivity index (χ4v) is 8.11. The Hall–Kier alpha value is -5.97. The van der Waals surface area contributed by atoms with Crippen molar-refractivity contribution in [1.29, 1.82) is 0 Å². The highest BCUT2D eigenvalue weighted by atomic mass is 32.1. The van der Waals surface area contributed by atoms with Gasteiger partial charge >= 0.3 is 0 Å². The Morgan fingerprint density at radius 3 is 2.02 bits per heavy atom. The van der Waals surface area contributed by atoms with Crippen molar-refractivity contribution in [1.82, 2.24) is 4.57 Å². The molecule has 0 aliphatic heterocycles. The number of thiophene rings is 1. The number of benzene rings is 7. The van der Waals surface area contributed by atoms with Crippen LogP contribution in [-0.4, -0.2) is 11.3 Å². The van der Waals surface area contributed by atoms with Crippen LogP contribution in [0.2, 0.25) is 0 Å². The van der Waals surface area contributed by atoms with E-state index in [-0.39, 0.29) is 0 Å².